The number of carbonyl (C=O) groups excluding carboxylic acids is 2. The minimum atomic E-state index is -1.22. The minimum absolute atomic E-state index is 0.0507. The van der Waals surface area contributed by atoms with Crippen molar-refractivity contribution in [2.24, 2.45) is 5.73 Å². The number of carbonyl (C=O) groups is 2. The molecule has 1 heterocycles. The second-order valence-corrected chi connectivity index (χ2v) is 7.55. The van der Waals surface area contributed by atoms with Gasteiger partial charge in [0.1, 0.15) is 11.4 Å². The highest BCUT2D eigenvalue weighted by atomic mass is 19.1. The van der Waals surface area contributed by atoms with Crippen molar-refractivity contribution in [3.63, 3.8) is 0 Å². The van der Waals surface area contributed by atoms with Gasteiger partial charge in [-0.3, -0.25) is 9.59 Å². The van der Waals surface area contributed by atoms with E-state index >= 15 is 0 Å². The molecule has 2 aromatic carbocycles. The molecule has 3 N–H and O–H groups in total. The van der Waals surface area contributed by atoms with Crippen LogP contribution in [-0.4, -0.2) is 51.3 Å². The molecule has 0 spiro atoms. The average molecular weight is 422 g/mol. The highest BCUT2D eigenvalue weighted by Gasteiger charge is 2.18. The van der Waals surface area contributed by atoms with Crippen LogP contribution in [0.1, 0.15) is 35.8 Å². The molecule has 3 aromatic rings. The normalized spacial score (nSPS) is 12.6. The second-order valence-electron chi connectivity index (χ2n) is 7.55. The Hall–Kier alpha value is -3.70. The van der Waals surface area contributed by atoms with Crippen LogP contribution in [0.25, 0.3) is 16.6 Å². The number of primary amides is 1. The fourth-order valence-corrected chi connectivity index (χ4v) is 3.18. The van der Waals surface area contributed by atoms with Gasteiger partial charge in [0.2, 0.25) is 6.41 Å². The monoisotopic (exact) mass is 422 g/mol. The van der Waals surface area contributed by atoms with E-state index in [9.17, 15) is 19.1 Å². The predicted molar refractivity (Wildman–Crippen MR) is 115 cm³/mol. The Labute approximate surface area is 179 Å². The Morgan fingerprint density at radius 3 is 2.84 bits per heavy atom. The summed E-state index contributed by atoms with van der Waals surface area (Å²) in [6.45, 7) is 2.15. The number of nitrogens with zero attached hydrogens (tertiary/aromatic N) is 3. The number of hydrogen-bond acceptors (Lipinski definition) is 4. The van der Waals surface area contributed by atoms with Crippen molar-refractivity contribution in [1.82, 2.24) is 14.7 Å². The Kier molecular flexibility index (Phi) is 6.37. The van der Waals surface area contributed by atoms with Gasteiger partial charge in [0, 0.05) is 30.6 Å². The lowest BCUT2D eigenvalue weighted by molar-refractivity contribution is -0.117. The Balaban J connectivity index is 1.90. The highest BCUT2D eigenvalue weighted by molar-refractivity contribution is 6.04. The lowest BCUT2D eigenvalue weighted by Crippen LogP contribution is -2.25. The molecule has 8 heteroatoms. The van der Waals surface area contributed by atoms with Crippen LogP contribution in [0.3, 0.4) is 0 Å². The molecule has 160 valence electrons. The molecule has 0 aliphatic rings. The molecule has 0 saturated carbocycles. The van der Waals surface area contributed by atoms with Crippen LogP contribution in [-0.2, 0) is 4.79 Å². The Morgan fingerprint density at radius 1 is 1.35 bits per heavy atom. The summed E-state index contributed by atoms with van der Waals surface area (Å²) in [5.41, 5.74) is 5.84. The Morgan fingerprint density at radius 2 is 2.13 bits per heavy atom. The molecule has 3 rings (SSSR count). The number of aliphatic hydroxyl groups is 1. The summed E-state index contributed by atoms with van der Waals surface area (Å²) in [6.07, 6.45) is 1.75. The molecule has 1 atom stereocenters. The van der Waals surface area contributed by atoms with Crippen LogP contribution in [0.15, 0.2) is 42.5 Å². The van der Waals surface area contributed by atoms with Crippen molar-refractivity contribution < 1.29 is 19.1 Å². The molecule has 31 heavy (non-hydrogen) atoms. The smallest absolute Gasteiger partial charge is 0.269 e. The van der Waals surface area contributed by atoms with Gasteiger partial charge in [0.15, 0.2) is 5.69 Å². The topological polar surface area (TPSA) is 101 Å². The van der Waals surface area contributed by atoms with Crippen molar-refractivity contribution in [3.05, 3.63) is 59.5 Å². The third kappa shape index (κ3) is 5.27. The van der Waals surface area contributed by atoms with Gasteiger partial charge in [-0.05, 0) is 50.1 Å². The van der Waals surface area contributed by atoms with Gasteiger partial charge >= 0.3 is 0 Å². The number of halogens is 1. The van der Waals surface area contributed by atoms with E-state index in [-0.39, 0.29) is 5.69 Å². The third-order valence-corrected chi connectivity index (χ3v) is 4.80. The maximum absolute atomic E-state index is 13.8. The number of fused-ring (bicyclic) bond motifs is 1. The largest absolute Gasteiger partial charge is 0.378 e. The molecule has 1 aromatic heterocycles. The van der Waals surface area contributed by atoms with E-state index in [0.29, 0.717) is 41.5 Å². The van der Waals surface area contributed by atoms with E-state index < -0.39 is 17.3 Å². The number of aromatic nitrogens is 2. The average Bonchev–Trinajstić information content (AvgIpc) is 3.11. The zero-order valence-corrected chi connectivity index (χ0v) is 17.3. The van der Waals surface area contributed by atoms with Gasteiger partial charge in [-0.1, -0.05) is 17.9 Å². The SMILES string of the molecule is CN(C=O)CCCC(C)(O)C#Cc1cccc(-n2nc(C(N)=O)c3ccc(F)cc32)c1. The first-order chi connectivity index (χ1) is 14.7. The molecular weight excluding hydrogens is 399 g/mol. The lowest BCUT2D eigenvalue weighted by Gasteiger charge is -2.17. The maximum atomic E-state index is 13.8. The molecule has 0 fully saturated rings. The van der Waals surface area contributed by atoms with Crippen LogP contribution in [0, 0.1) is 17.7 Å². The van der Waals surface area contributed by atoms with Gasteiger partial charge in [0.25, 0.3) is 5.91 Å². The number of rotatable bonds is 7. The van der Waals surface area contributed by atoms with Crippen LogP contribution < -0.4 is 5.73 Å². The highest BCUT2D eigenvalue weighted by Crippen LogP contribution is 2.23. The van der Waals surface area contributed by atoms with Crippen molar-refractivity contribution >= 4 is 23.2 Å². The van der Waals surface area contributed by atoms with Gasteiger partial charge in [-0.15, -0.1) is 0 Å². The van der Waals surface area contributed by atoms with E-state index in [2.05, 4.69) is 16.9 Å². The molecule has 0 saturated heterocycles. The van der Waals surface area contributed by atoms with E-state index in [0.717, 1.165) is 6.41 Å². The van der Waals surface area contributed by atoms with Gasteiger partial charge in [-0.25, -0.2) is 9.07 Å². The summed E-state index contributed by atoms with van der Waals surface area (Å²) in [7, 11) is 1.67. The predicted octanol–water partition coefficient (Wildman–Crippen LogP) is 2.23. The number of amides is 2. The van der Waals surface area contributed by atoms with Crippen molar-refractivity contribution in [1.29, 1.82) is 0 Å². The summed E-state index contributed by atoms with van der Waals surface area (Å²) < 4.78 is 15.3. The zero-order valence-electron chi connectivity index (χ0n) is 17.3. The second kappa shape index (κ2) is 8.98. The molecule has 0 aliphatic heterocycles. The fourth-order valence-electron chi connectivity index (χ4n) is 3.18. The number of nitrogens with two attached hydrogens (primary N) is 1. The molecule has 0 aliphatic carbocycles. The first kappa shape index (κ1) is 22.0. The van der Waals surface area contributed by atoms with Crippen molar-refractivity contribution in [2.45, 2.75) is 25.4 Å². The first-order valence-corrected chi connectivity index (χ1v) is 9.70. The van der Waals surface area contributed by atoms with Gasteiger partial charge < -0.3 is 15.7 Å². The summed E-state index contributed by atoms with van der Waals surface area (Å²) in [5, 5.41) is 15.2. The van der Waals surface area contributed by atoms with Crippen LogP contribution in [0.2, 0.25) is 0 Å². The maximum Gasteiger partial charge on any atom is 0.269 e. The quantitative estimate of drug-likeness (QED) is 0.450. The van der Waals surface area contributed by atoms with E-state index in [1.165, 1.54) is 27.8 Å². The summed E-state index contributed by atoms with van der Waals surface area (Å²) in [6, 6.07) is 11.0. The summed E-state index contributed by atoms with van der Waals surface area (Å²) in [4.78, 5) is 23.9. The van der Waals surface area contributed by atoms with Gasteiger partial charge in [0.05, 0.1) is 11.2 Å². The molecule has 0 radical (unpaired) electrons. The molecule has 7 nitrogen and oxygen atoms in total. The van der Waals surface area contributed by atoms with Crippen molar-refractivity contribution in [3.8, 4) is 17.5 Å². The molecule has 2 amide bonds. The standard InChI is InChI=1S/C23H23FN4O3/c1-23(31,10-4-12-27(2)15-29)11-9-16-5-3-6-18(13-16)28-20-14-17(24)7-8-19(20)21(26-28)22(25)30/h3,5-8,13-15,31H,4,10,12H2,1-2H3,(H2,25,30). The molecule has 0 bridgehead atoms. The van der Waals surface area contributed by atoms with Crippen molar-refractivity contribution in [2.75, 3.05) is 13.6 Å². The number of benzene rings is 2. The van der Waals surface area contributed by atoms with Crippen LogP contribution in [0.5, 0.6) is 0 Å². The van der Waals surface area contributed by atoms with Crippen LogP contribution >= 0.6 is 0 Å². The fraction of sp³-hybridized carbons (Fsp3) is 0.261. The summed E-state index contributed by atoms with van der Waals surface area (Å²) in [5.74, 6) is 4.63. The van der Waals surface area contributed by atoms with E-state index in [1.807, 2.05) is 0 Å². The third-order valence-electron chi connectivity index (χ3n) is 4.80. The molecular formula is C23H23FN4O3. The zero-order chi connectivity index (χ0) is 22.6. The van der Waals surface area contributed by atoms with Gasteiger partial charge in [-0.2, -0.15) is 5.10 Å². The lowest BCUT2D eigenvalue weighted by atomic mass is 10.00. The minimum Gasteiger partial charge on any atom is -0.378 e. The molecule has 1 unspecified atom stereocenters. The van der Waals surface area contributed by atoms with E-state index in [1.54, 1.807) is 38.2 Å². The Bertz CT molecular complexity index is 1190. The van der Waals surface area contributed by atoms with Crippen LogP contribution in [0.4, 0.5) is 4.39 Å². The van der Waals surface area contributed by atoms with E-state index in [4.69, 9.17) is 5.73 Å². The number of hydrogen-bond donors (Lipinski definition) is 2. The summed E-state index contributed by atoms with van der Waals surface area (Å²) >= 11 is 0. The first-order valence-electron chi connectivity index (χ1n) is 9.70.